The van der Waals surface area contributed by atoms with Gasteiger partial charge in [0.1, 0.15) is 12.2 Å². The Labute approximate surface area is 213 Å². The molecule has 2 saturated heterocycles. The maximum atomic E-state index is 12.7. The fraction of sp³-hybridized carbons (Fsp3) is 0.214. The molecule has 2 fully saturated rings. The molecule has 8 heteroatoms. The van der Waals surface area contributed by atoms with Crippen LogP contribution in [0.2, 0.25) is 0 Å². The minimum atomic E-state index is -0.534. The molecule has 6 rings (SSSR count). The lowest BCUT2D eigenvalue weighted by molar-refractivity contribution is 0.00881. The average molecular weight is 500 g/mol. The van der Waals surface area contributed by atoms with Crippen molar-refractivity contribution < 1.29 is 19.0 Å². The van der Waals surface area contributed by atoms with Gasteiger partial charge in [0.2, 0.25) is 0 Å². The second kappa shape index (κ2) is 9.73. The van der Waals surface area contributed by atoms with E-state index in [9.17, 15) is 4.79 Å². The molecule has 3 N–H and O–H groups in total. The lowest BCUT2D eigenvalue weighted by Gasteiger charge is -2.20. The van der Waals surface area contributed by atoms with Crippen molar-refractivity contribution in [3.05, 3.63) is 84.9 Å². The summed E-state index contributed by atoms with van der Waals surface area (Å²) in [6.45, 7) is 0.664. The quantitative estimate of drug-likeness (QED) is 0.339. The lowest BCUT2D eigenvalue weighted by Crippen LogP contribution is -2.46. The van der Waals surface area contributed by atoms with Gasteiger partial charge in [-0.25, -0.2) is 4.79 Å². The lowest BCUT2D eigenvalue weighted by atomic mass is 10.1. The predicted octanol–water partition coefficient (Wildman–Crippen LogP) is 5.06. The number of fused-ring (bicyclic) bond motifs is 3. The van der Waals surface area contributed by atoms with Crippen molar-refractivity contribution in [2.24, 2.45) is 0 Å². The topological polar surface area (TPSA) is 80.9 Å². The molecule has 182 valence electrons. The number of anilines is 2. The van der Waals surface area contributed by atoms with Gasteiger partial charge in [-0.1, -0.05) is 72.8 Å². The van der Waals surface area contributed by atoms with Crippen LogP contribution in [-0.4, -0.2) is 48.8 Å². The van der Waals surface area contributed by atoms with Gasteiger partial charge in [-0.15, -0.1) is 0 Å². The van der Waals surface area contributed by atoms with Crippen LogP contribution in [0.5, 0.6) is 0 Å². The minimum Gasteiger partial charge on any atom is -0.441 e. The van der Waals surface area contributed by atoms with Gasteiger partial charge in [-0.05, 0) is 35.1 Å². The van der Waals surface area contributed by atoms with Gasteiger partial charge in [-0.3, -0.25) is 5.32 Å². The molecule has 0 aliphatic carbocycles. The van der Waals surface area contributed by atoms with E-state index >= 15 is 0 Å². The summed E-state index contributed by atoms with van der Waals surface area (Å²) in [5.41, 5.74) is 1.63. The molecule has 7 nitrogen and oxygen atoms in total. The smallest absolute Gasteiger partial charge is 0.412 e. The maximum absolute atomic E-state index is 12.7. The fourth-order valence-corrected chi connectivity index (χ4v) is 5.22. The SMILES string of the molecule is O=C(Nc1cccc2ccccc12)O[C@@H]1CO[C@H]2[C@@H]1OC[C@@H]2NC(=S)Nc1cccc2ccccc12. The third kappa shape index (κ3) is 4.46. The highest BCUT2D eigenvalue weighted by Gasteiger charge is 2.49. The highest BCUT2D eigenvalue weighted by atomic mass is 32.1. The summed E-state index contributed by atoms with van der Waals surface area (Å²) in [7, 11) is 0. The summed E-state index contributed by atoms with van der Waals surface area (Å²) in [6, 6.07) is 27.7. The van der Waals surface area contributed by atoms with Crippen LogP contribution < -0.4 is 16.0 Å². The minimum absolute atomic E-state index is 0.153. The van der Waals surface area contributed by atoms with Gasteiger partial charge in [0, 0.05) is 16.5 Å². The average Bonchev–Trinajstić information content (AvgIpc) is 3.48. The Morgan fingerprint density at radius 1 is 0.750 bits per heavy atom. The largest absolute Gasteiger partial charge is 0.441 e. The van der Waals surface area contributed by atoms with E-state index in [1.165, 1.54) is 0 Å². The van der Waals surface area contributed by atoms with E-state index in [0.717, 1.165) is 27.2 Å². The van der Waals surface area contributed by atoms with Crippen molar-refractivity contribution in [3.63, 3.8) is 0 Å². The number of carbonyl (C=O) groups excluding carboxylic acids is 1. The molecule has 4 aromatic rings. The zero-order valence-corrected chi connectivity index (χ0v) is 20.2. The van der Waals surface area contributed by atoms with Crippen molar-refractivity contribution >= 4 is 56.3 Å². The number of carbonyl (C=O) groups is 1. The van der Waals surface area contributed by atoms with Gasteiger partial charge < -0.3 is 24.8 Å². The zero-order valence-electron chi connectivity index (χ0n) is 19.3. The molecule has 36 heavy (non-hydrogen) atoms. The van der Waals surface area contributed by atoms with E-state index in [1.807, 2.05) is 66.7 Å². The molecule has 2 aliphatic rings. The molecule has 2 aliphatic heterocycles. The Morgan fingerprint density at radius 3 is 2.03 bits per heavy atom. The maximum Gasteiger partial charge on any atom is 0.412 e. The van der Waals surface area contributed by atoms with Crippen molar-refractivity contribution in [1.82, 2.24) is 5.32 Å². The fourth-order valence-electron chi connectivity index (χ4n) is 4.96. The third-order valence-corrected chi connectivity index (χ3v) is 6.87. The van der Waals surface area contributed by atoms with Crippen LogP contribution in [0, 0.1) is 0 Å². The van der Waals surface area contributed by atoms with Crippen molar-refractivity contribution in [2.45, 2.75) is 24.4 Å². The number of thiocarbonyl (C=S) groups is 1. The standard InChI is InChI=1S/C28H25N3O4S/c32-28(31-22-14-6-10-18-8-2-4-12-20(18)22)35-24-16-34-25-23(15-33-26(24)25)30-27(36)29-21-13-5-9-17-7-1-3-11-19(17)21/h1-14,23-26H,15-16H2,(H,31,32)(H2,29,30,36)/t23-,24+,25+,26+/m0/s1. The summed E-state index contributed by atoms with van der Waals surface area (Å²) in [5.74, 6) is 0. The van der Waals surface area contributed by atoms with E-state index in [0.29, 0.717) is 17.4 Å². The summed E-state index contributed by atoms with van der Waals surface area (Å²) < 4.78 is 17.6. The first-order valence-electron chi connectivity index (χ1n) is 11.9. The van der Waals surface area contributed by atoms with Crippen molar-refractivity contribution in [3.8, 4) is 0 Å². The number of hydrogen-bond acceptors (Lipinski definition) is 5. The van der Waals surface area contributed by atoms with Crippen LogP contribution in [0.25, 0.3) is 21.5 Å². The van der Waals surface area contributed by atoms with E-state index < -0.39 is 12.2 Å². The first kappa shape index (κ1) is 22.7. The molecule has 4 atom stereocenters. The number of ether oxygens (including phenoxy) is 3. The van der Waals surface area contributed by atoms with Crippen LogP contribution in [-0.2, 0) is 14.2 Å². The normalized spacial score (nSPS) is 22.8. The van der Waals surface area contributed by atoms with E-state index in [2.05, 4.69) is 34.1 Å². The molecule has 0 unspecified atom stereocenters. The number of hydrogen-bond donors (Lipinski definition) is 3. The third-order valence-electron chi connectivity index (χ3n) is 6.65. The van der Waals surface area contributed by atoms with E-state index in [1.54, 1.807) is 0 Å². The molecule has 2 heterocycles. The Morgan fingerprint density at radius 2 is 1.33 bits per heavy atom. The Bertz CT molecular complexity index is 1330. The van der Waals surface area contributed by atoms with Gasteiger partial charge in [0.05, 0.1) is 24.9 Å². The molecule has 0 aromatic heterocycles. The molecule has 0 saturated carbocycles. The highest BCUT2D eigenvalue weighted by Crippen LogP contribution is 2.30. The molecule has 0 bridgehead atoms. The number of rotatable bonds is 4. The van der Waals surface area contributed by atoms with E-state index in [-0.39, 0.29) is 24.9 Å². The molecule has 0 spiro atoms. The van der Waals surface area contributed by atoms with Gasteiger partial charge >= 0.3 is 6.09 Å². The highest BCUT2D eigenvalue weighted by molar-refractivity contribution is 7.80. The number of benzene rings is 4. The Balaban J connectivity index is 1.06. The van der Waals surface area contributed by atoms with Crippen molar-refractivity contribution in [1.29, 1.82) is 0 Å². The summed E-state index contributed by atoms with van der Waals surface area (Å²) in [6.07, 6.45) is -1.67. The van der Waals surface area contributed by atoms with E-state index in [4.69, 9.17) is 26.4 Å². The molecular formula is C28H25N3O4S. The summed E-state index contributed by atoms with van der Waals surface area (Å²) in [5, 5.41) is 14.2. The first-order chi connectivity index (χ1) is 17.7. The molecule has 4 aromatic carbocycles. The van der Waals surface area contributed by atoms with Crippen LogP contribution in [0.3, 0.4) is 0 Å². The van der Waals surface area contributed by atoms with Crippen LogP contribution in [0.1, 0.15) is 0 Å². The summed E-state index contributed by atoms with van der Waals surface area (Å²) >= 11 is 5.58. The monoisotopic (exact) mass is 499 g/mol. The second-order valence-electron chi connectivity index (χ2n) is 8.92. The van der Waals surface area contributed by atoms with Crippen LogP contribution in [0.15, 0.2) is 84.9 Å². The van der Waals surface area contributed by atoms with Gasteiger partial charge in [-0.2, -0.15) is 0 Å². The predicted molar refractivity (Wildman–Crippen MR) is 144 cm³/mol. The van der Waals surface area contributed by atoms with Crippen LogP contribution in [0.4, 0.5) is 16.2 Å². The Hall–Kier alpha value is -3.72. The first-order valence-corrected chi connectivity index (χ1v) is 12.3. The number of amides is 1. The van der Waals surface area contributed by atoms with Crippen LogP contribution >= 0.6 is 12.2 Å². The Kier molecular flexibility index (Phi) is 6.14. The second-order valence-corrected chi connectivity index (χ2v) is 9.33. The van der Waals surface area contributed by atoms with Crippen molar-refractivity contribution in [2.75, 3.05) is 23.8 Å². The number of nitrogens with one attached hydrogen (secondary N) is 3. The van der Waals surface area contributed by atoms with Gasteiger partial charge in [0.15, 0.2) is 11.2 Å². The molecule has 0 radical (unpaired) electrons. The van der Waals surface area contributed by atoms with Gasteiger partial charge in [0.25, 0.3) is 0 Å². The zero-order chi connectivity index (χ0) is 24.5. The molecule has 1 amide bonds. The molecular weight excluding hydrogens is 474 g/mol. The summed E-state index contributed by atoms with van der Waals surface area (Å²) in [4.78, 5) is 12.7.